The average Bonchev–Trinajstić information content (AvgIpc) is 2.55. The molecule has 0 aromatic carbocycles. The smallest absolute Gasteiger partial charge is 0.254 e. The van der Waals surface area contributed by atoms with Crippen LogP contribution >= 0.6 is 12.2 Å². The molecule has 1 nitrogen and oxygen atoms in total. The number of rotatable bonds is 1. The Morgan fingerprint density at radius 3 is 2.50 bits per heavy atom. The Morgan fingerprint density at radius 2 is 2.00 bits per heavy atom. The lowest BCUT2D eigenvalue weighted by molar-refractivity contribution is 0.0847. The SMILES string of the molecule is NC(=S)C1CCC2C(C1)C2(F)F. The van der Waals surface area contributed by atoms with Gasteiger partial charge in [0.05, 0.1) is 4.99 Å². The van der Waals surface area contributed by atoms with E-state index in [4.69, 9.17) is 18.0 Å². The van der Waals surface area contributed by atoms with E-state index in [0.29, 0.717) is 17.8 Å². The zero-order valence-corrected chi connectivity index (χ0v) is 7.41. The van der Waals surface area contributed by atoms with Crippen molar-refractivity contribution >= 4 is 17.2 Å². The minimum Gasteiger partial charge on any atom is -0.393 e. The fourth-order valence-electron chi connectivity index (χ4n) is 2.24. The first-order valence-corrected chi connectivity index (χ1v) is 4.61. The number of hydrogen-bond acceptors (Lipinski definition) is 1. The van der Waals surface area contributed by atoms with Crippen molar-refractivity contribution in [2.24, 2.45) is 23.5 Å². The van der Waals surface area contributed by atoms with Crippen LogP contribution in [0.15, 0.2) is 0 Å². The third-order valence-corrected chi connectivity index (χ3v) is 3.47. The van der Waals surface area contributed by atoms with Crippen LogP contribution in [0.2, 0.25) is 0 Å². The summed E-state index contributed by atoms with van der Waals surface area (Å²) in [5.74, 6) is -3.12. The molecule has 2 aliphatic carbocycles. The number of hydrogen-bond donors (Lipinski definition) is 1. The minimum atomic E-state index is -2.40. The normalized spacial score (nSPS) is 43.3. The summed E-state index contributed by atoms with van der Waals surface area (Å²) in [5.41, 5.74) is 5.42. The number of halogens is 2. The lowest BCUT2D eigenvalue weighted by Crippen LogP contribution is -2.24. The Labute approximate surface area is 75.3 Å². The van der Waals surface area contributed by atoms with Gasteiger partial charge in [-0.2, -0.15) is 0 Å². The molecule has 2 rings (SSSR count). The Bertz CT molecular complexity index is 229. The standard InChI is InChI=1S/C8H11F2NS/c9-8(10)5-2-1-4(7(11)12)3-6(5)8/h4-6H,1-3H2,(H2,11,12). The molecular formula is C8H11F2NS. The molecule has 2 aliphatic rings. The van der Waals surface area contributed by atoms with Gasteiger partial charge in [0.25, 0.3) is 5.92 Å². The maximum atomic E-state index is 12.9. The van der Waals surface area contributed by atoms with E-state index in [-0.39, 0.29) is 11.8 Å². The summed E-state index contributed by atoms with van der Waals surface area (Å²) >= 11 is 4.79. The van der Waals surface area contributed by atoms with Crippen LogP contribution in [0, 0.1) is 17.8 Å². The van der Waals surface area contributed by atoms with Gasteiger partial charge < -0.3 is 5.73 Å². The molecule has 12 heavy (non-hydrogen) atoms. The van der Waals surface area contributed by atoms with Crippen molar-refractivity contribution in [1.29, 1.82) is 0 Å². The zero-order chi connectivity index (χ0) is 8.93. The predicted octanol–water partition coefficient (Wildman–Crippen LogP) is 1.95. The number of alkyl halides is 2. The summed E-state index contributed by atoms with van der Waals surface area (Å²) in [7, 11) is 0. The molecule has 0 aromatic heterocycles. The molecule has 3 unspecified atom stereocenters. The number of thiocarbonyl (C=S) groups is 1. The highest BCUT2D eigenvalue weighted by Crippen LogP contribution is 2.63. The van der Waals surface area contributed by atoms with Crippen LogP contribution in [0.25, 0.3) is 0 Å². The van der Waals surface area contributed by atoms with Gasteiger partial charge in [0.15, 0.2) is 0 Å². The van der Waals surface area contributed by atoms with Crippen molar-refractivity contribution in [2.45, 2.75) is 25.2 Å². The van der Waals surface area contributed by atoms with Crippen LogP contribution in [0.3, 0.4) is 0 Å². The number of fused-ring (bicyclic) bond motifs is 1. The lowest BCUT2D eigenvalue weighted by atomic mass is 9.89. The van der Waals surface area contributed by atoms with Crippen molar-refractivity contribution in [1.82, 2.24) is 0 Å². The Balaban J connectivity index is 2.01. The van der Waals surface area contributed by atoms with E-state index >= 15 is 0 Å². The molecule has 0 aliphatic heterocycles. The highest BCUT2D eigenvalue weighted by Gasteiger charge is 2.68. The fourth-order valence-corrected chi connectivity index (χ4v) is 2.45. The van der Waals surface area contributed by atoms with E-state index in [1.807, 2.05) is 0 Å². The molecule has 0 saturated heterocycles. The van der Waals surface area contributed by atoms with Crippen molar-refractivity contribution < 1.29 is 8.78 Å². The third kappa shape index (κ3) is 1.04. The van der Waals surface area contributed by atoms with Crippen molar-refractivity contribution in [3.05, 3.63) is 0 Å². The highest BCUT2D eigenvalue weighted by molar-refractivity contribution is 7.80. The van der Waals surface area contributed by atoms with Gasteiger partial charge >= 0.3 is 0 Å². The topological polar surface area (TPSA) is 26.0 Å². The highest BCUT2D eigenvalue weighted by atomic mass is 32.1. The molecule has 0 radical (unpaired) electrons. The van der Waals surface area contributed by atoms with Gasteiger partial charge in [-0.05, 0) is 19.3 Å². The first kappa shape index (κ1) is 8.35. The monoisotopic (exact) mass is 191 g/mol. The molecule has 2 saturated carbocycles. The van der Waals surface area contributed by atoms with Gasteiger partial charge in [0.2, 0.25) is 0 Å². The van der Waals surface area contributed by atoms with E-state index in [0.717, 1.165) is 6.42 Å². The van der Waals surface area contributed by atoms with Gasteiger partial charge in [-0.15, -0.1) is 0 Å². The molecule has 68 valence electrons. The molecule has 3 atom stereocenters. The molecule has 0 spiro atoms. The van der Waals surface area contributed by atoms with Crippen molar-refractivity contribution in [2.75, 3.05) is 0 Å². The molecule has 4 heteroatoms. The summed E-state index contributed by atoms with van der Waals surface area (Å²) in [6, 6.07) is 0. The summed E-state index contributed by atoms with van der Waals surface area (Å²) < 4.78 is 25.7. The van der Waals surface area contributed by atoms with Gasteiger partial charge in [0.1, 0.15) is 0 Å². The van der Waals surface area contributed by atoms with E-state index in [1.54, 1.807) is 0 Å². The largest absolute Gasteiger partial charge is 0.393 e. The fraction of sp³-hybridized carbons (Fsp3) is 0.875. The second kappa shape index (κ2) is 2.37. The van der Waals surface area contributed by atoms with Crippen molar-refractivity contribution in [3.8, 4) is 0 Å². The molecule has 0 bridgehead atoms. The van der Waals surface area contributed by atoms with E-state index in [1.165, 1.54) is 0 Å². The quantitative estimate of drug-likeness (QED) is 0.641. The van der Waals surface area contributed by atoms with Crippen LogP contribution in [-0.4, -0.2) is 10.9 Å². The van der Waals surface area contributed by atoms with Crippen LogP contribution in [0.4, 0.5) is 8.78 Å². The van der Waals surface area contributed by atoms with Gasteiger partial charge in [-0.25, -0.2) is 8.78 Å². The second-order valence-electron chi connectivity index (χ2n) is 3.80. The summed E-state index contributed by atoms with van der Waals surface area (Å²) in [6.45, 7) is 0. The van der Waals surface area contributed by atoms with Crippen LogP contribution in [0.5, 0.6) is 0 Å². The van der Waals surface area contributed by atoms with E-state index in [2.05, 4.69) is 0 Å². The molecule has 2 N–H and O–H groups in total. The van der Waals surface area contributed by atoms with Gasteiger partial charge in [-0.1, -0.05) is 12.2 Å². The summed E-state index contributed by atoms with van der Waals surface area (Å²) in [5, 5.41) is 0. The summed E-state index contributed by atoms with van der Waals surface area (Å²) in [6.07, 6.45) is 1.86. The second-order valence-corrected chi connectivity index (χ2v) is 4.27. The average molecular weight is 191 g/mol. The Kier molecular flexibility index (Phi) is 1.65. The van der Waals surface area contributed by atoms with Crippen LogP contribution in [0.1, 0.15) is 19.3 Å². The van der Waals surface area contributed by atoms with Gasteiger partial charge in [0, 0.05) is 17.8 Å². The summed E-state index contributed by atoms with van der Waals surface area (Å²) in [4.78, 5) is 0.413. The maximum absolute atomic E-state index is 12.9. The predicted molar refractivity (Wildman–Crippen MR) is 46.1 cm³/mol. The van der Waals surface area contributed by atoms with Gasteiger partial charge in [-0.3, -0.25) is 0 Å². The van der Waals surface area contributed by atoms with Crippen molar-refractivity contribution in [3.63, 3.8) is 0 Å². The molecule has 2 fully saturated rings. The number of nitrogens with two attached hydrogens (primary N) is 1. The van der Waals surface area contributed by atoms with E-state index in [9.17, 15) is 8.78 Å². The maximum Gasteiger partial charge on any atom is 0.254 e. The lowest BCUT2D eigenvalue weighted by Gasteiger charge is -2.17. The Morgan fingerprint density at radius 1 is 1.33 bits per heavy atom. The molecule has 0 amide bonds. The van der Waals surface area contributed by atoms with E-state index < -0.39 is 11.8 Å². The Hall–Kier alpha value is -0.250. The van der Waals surface area contributed by atoms with Crippen LogP contribution in [-0.2, 0) is 0 Å². The van der Waals surface area contributed by atoms with Crippen LogP contribution < -0.4 is 5.73 Å². The minimum absolute atomic E-state index is 0.0645. The molecule has 0 aromatic rings. The first-order valence-electron chi connectivity index (χ1n) is 4.20. The third-order valence-electron chi connectivity index (χ3n) is 3.13. The molecular weight excluding hydrogens is 180 g/mol. The zero-order valence-electron chi connectivity index (χ0n) is 6.59. The first-order chi connectivity index (χ1) is 5.53. The molecule has 0 heterocycles.